The second kappa shape index (κ2) is 9.56. The summed E-state index contributed by atoms with van der Waals surface area (Å²) >= 11 is 0. The van der Waals surface area contributed by atoms with Gasteiger partial charge in [0, 0.05) is 25.4 Å². The number of esters is 1. The Morgan fingerprint density at radius 1 is 0.976 bits per heavy atom. The van der Waals surface area contributed by atoms with Gasteiger partial charge in [-0.1, -0.05) is 20.8 Å². The minimum absolute atomic E-state index is 0.0223. The number of rotatable bonds is 5. The summed E-state index contributed by atoms with van der Waals surface area (Å²) in [4.78, 5) is 24.6. The molecule has 0 aromatic carbocycles. The van der Waals surface area contributed by atoms with Crippen molar-refractivity contribution in [3.05, 3.63) is 0 Å². The van der Waals surface area contributed by atoms with Gasteiger partial charge in [-0.15, -0.1) is 0 Å². The second-order valence-electron chi connectivity index (χ2n) is 16.9. The monoisotopic (exact) mass is 586 g/mol. The molecule has 5 aliphatic carbocycles. The largest absolute Gasteiger partial charge is 0.457 e. The highest BCUT2D eigenvalue weighted by Crippen LogP contribution is 2.87. The van der Waals surface area contributed by atoms with Crippen molar-refractivity contribution in [1.29, 1.82) is 0 Å². The highest BCUT2D eigenvalue weighted by Gasteiger charge is 2.81. The van der Waals surface area contributed by atoms with Crippen LogP contribution < -0.4 is 10.6 Å². The van der Waals surface area contributed by atoms with Crippen LogP contribution in [-0.4, -0.2) is 66.3 Å². The summed E-state index contributed by atoms with van der Waals surface area (Å²) in [5.74, 6) is 2.17. The van der Waals surface area contributed by atoms with Gasteiger partial charge < -0.3 is 30.0 Å². The molecule has 2 heterocycles. The van der Waals surface area contributed by atoms with Crippen molar-refractivity contribution in [2.45, 2.75) is 142 Å². The van der Waals surface area contributed by atoms with Crippen LogP contribution in [0.3, 0.4) is 0 Å². The molecule has 2 spiro atoms. The fraction of sp³-hybridized carbons (Fsp3) is 0.941. The number of ether oxygens (including phenoxy) is 3. The normalized spacial score (nSPS) is 47.7. The van der Waals surface area contributed by atoms with E-state index in [4.69, 9.17) is 14.2 Å². The molecular weight excluding hydrogens is 532 g/mol. The fourth-order valence-electron chi connectivity index (χ4n) is 12.3. The maximum atomic E-state index is 12.7. The van der Waals surface area contributed by atoms with Gasteiger partial charge >= 0.3 is 12.1 Å². The molecule has 8 heteroatoms. The lowest BCUT2D eigenvalue weighted by Crippen LogP contribution is -2.59. The molecule has 0 aromatic heterocycles. The van der Waals surface area contributed by atoms with E-state index in [1.54, 1.807) is 13.8 Å². The SMILES string of the molecule is CC(=O)O[C@@H](C1CCC2C(CC3C4CCC5C(C)(C)[C@@H](OC(=O)NC6CNC6)CCC56C[C@@]46CCC23C)O1)C(C)(C)O. The number of amides is 1. The molecule has 42 heavy (non-hydrogen) atoms. The maximum Gasteiger partial charge on any atom is 0.407 e. The fourth-order valence-corrected chi connectivity index (χ4v) is 12.3. The average Bonchev–Trinajstić information content (AvgIpc) is 3.46. The molecule has 1 amide bonds. The van der Waals surface area contributed by atoms with Crippen molar-refractivity contribution < 1.29 is 28.9 Å². The molecule has 11 atom stereocenters. The van der Waals surface area contributed by atoms with Crippen LogP contribution in [0.25, 0.3) is 0 Å². The Balaban J connectivity index is 1.07. The first-order valence-electron chi connectivity index (χ1n) is 16.9. The Bertz CT molecular complexity index is 1120. The summed E-state index contributed by atoms with van der Waals surface area (Å²) < 4.78 is 18.6. The molecule has 7 aliphatic rings. The average molecular weight is 587 g/mol. The van der Waals surface area contributed by atoms with Crippen molar-refractivity contribution in [2.24, 2.45) is 45.3 Å². The van der Waals surface area contributed by atoms with E-state index in [9.17, 15) is 14.7 Å². The molecule has 2 aliphatic heterocycles. The first-order valence-corrected chi connectivity index (χ1v) is 16.9. The smallest absolute Gasteiger partial charge is 0.407 e. The van der Waals surface area contributed by atoms with E-state index < -0.39 is 11.7 Å². The molecule has 7 rings (SSSR count). The molecule has 0 aromatic rings. The van der Waals surface area contributed by atoms with Crippen LogP contribution >= 0.6 is 0 Å². The van der Waals surface area contributed by atoms with E-state index in [-0.39, 0.29) is 47.2 Å². The van der Waals surface area contributed by atoms with Crippen molar-refractivity contribution >= 4 is 12.1 Å². The number of hydrogen-bond acceptors (Lipinski definition) is 7. The van der Waals surface area contributed by atoms with Crippen LogP contribution in [0.5, 0.6) is 0 Å². The third-order valence-corrected chi connectivity index (χ3v) is 14.2. The van der Waals surface area contributed by atoms with Crippen LogP contribution in [0.1, 0.15) is 106 Å². The second-order valence-corrected chi connectivity index (χ2v) is 16.9. The minimum atomic E-state index is -1.15. The number of aliphatic hydroxyl groups is 1. The summed E-state index contributed by atoms with van der Waals surface area (Å²) in [6.45, 7) is 13.8. The summed E-state index contributed by atoms with van der Waals surface area (Å²) in [6, 6.07) is 0.200. The highest BCUT2D eigenvalue weighted by molar-refractivity contribution is 5.68. The zero-order valence-electron chi connectivity index (χ0n) is 26.7. The number of alkyl carbamates (subject to hydrolysis) is 1. The van der Waals surface area contributed by atoms with Crippen LogP contribution in [0.4, 0.5) is 4.79 Å². The van der Waals surface area contributed by atoms with Gasteiger partial charge in [-0.2, -0.15) is 0 Å². The molecule has 2 saturated heterocycles. The molecule has 3 N–H and O–H groups in total. The van der Waals surface area contributed by atoms with E-state index in [2.05, 4.69) is 31.4 Å². The molecule has 8 nitrogen and oxygen atoms in total. The molecule has 5 saturated carbocycles. The molecule has 0 radical (unpaired) electrons. The Labute approximate surface area is 251 Å². The predicted molar refractivity (Wildman–Crippen MR) is 157 cm³/mol. The zero-order chi connectivity index (χ0) is 29.9. The molecule has 7 fully saturated rings. The van der Waals surface area contributed by atoms with Crippen molar-refractivity contribution in [3.63, 3.8) is 0 Å². The summed E-state index contributed by atoms with van der Waals surface area (Å²) in [6.07, 6.45) is 10.6. The lowest BCUT2D eigenvalue weighted by atomic mass is 9.46. The van der Waals surface area contributed by atoms with Gasteiger partial charge in [0.25, 0.3) is 0 Å². The Hall–Kier alpha value is -1.38. The molecular formula is C34H54N2O6. The third-order valence-electron chi connectivity index (χ3n) is 14.2. The Morgan fingerprint density at radius 2 is 1.71 bits per heavy atom. The van der Waals surface area contributed by atoms with Gasteiger partial charge in [-0.3, -0.25) is 4.79 Å². The van der Waals surface area contributed by atoms with Crippen LogP contribution in [0.2, 0.25) is 0 Å². The number of nitrogens with one attached hydrogen (secondary N) is 2. The van der Waals surface area contributed by atoms with Gasteiger partial charge in [-0.05, 0) is 118 Å². The zero-order valence-corrected chi connectivity index (χ0v) is 26.7. The van der Waals surface area contributed by atoms with Gasteiger partial charge in [0.15, 0.2) is 6.10 Å². The first kappa shape index (κ1) is 29.3. The summed E-state index contributed by atoms with van der Waals surface area (Å²) in [5.41, 5.74) is -0.0503. The van der Waals surface area contributed by atoms with Gasteiger partial charge in [-0.25, -0.2) is 4.79 Å². The van der Waals surface area contributed by atoms with Crippen molar-refractivity contribution in [1.82, 2.24) is 10.6 Å². The Morgan fingerprint density at radius 3 is 2.38 bits per heavy atom. The molecule has 8 unspecified atom stereocenters. The van der Waals surface area contributed by atoms with Gasteiger partial charge in [0.2, 0.25) is 0 Å². The molecule has 236 valence electrons. The summed E-state index contributed by atoms with van der Waals surface area (Å²) in [7, 11) is 0. The van der Waals surface area contributed by atoms with E-state index in [1.807, 2.05) is 0 Å². The molecule has 0 bridgehead atoms. The third kappa shape index (κ3) is 4.16. The van der Waals surface area contributed by atoms with Crippen LogP contribution in [0.15, 0.2) is 0 Å². The van der Waals surface area contributed by atoms with Gasteiger partial charge in [0.05, 0.1) is 23.9 Å². The van der Waals surface area contributed by atoms with Crippen LogP contribution in [-0.2, 0) is 19.0 Å². The van der Waals surface area contributed by atoms with E-state index in [1.165, 1.54) is 45.4 Å². The highest BCUT2D eigenvalue weighted by atomic mass is 16.6. The Kier molecular flexibility index (Phi) is 6.68. The standard InChI is InChI=1S/C34H54N2O6/c1-19(37)40-28(31(4,5)39)24-9-7-22-25(41-24)15-23-21-8-10-26-30(2,3)27(42-29(38)36-20-16-35-17-20)11-12-34(26)18-33(21,34)14-13-32(22,23)6/h20-28,35,39H,7-18H2,1-6H3,(H,36,38)/t21?,22?,23?,24?,25?,26?,27-,28-,32?,33-,34?/m0/s1. The van der Waals surface area contributed by atoms with E-state index in [0.717, 1.165) is 44.7 Å². The van der Waals surface area contributed by atoms with Crippen LogP contribution in [0, 0.1) is 45.3 Å². The lowest BCUT2D eigenvalue weighted by molar-refractivity contribution is -0.200. The lowest BCUT2D eigenvalue weighted by Gasteiger charge is -2.59. The number of fused-ring (bicyclic) bond motifs is 4. The first-order chi connectivity index (χ1) is 19.7. The van der Waals surface area contributed by atoms with Crippen molar-refractivity contribution in [3.8, 4) is 0 Å². The predicted octanol–water partition coefficient (Wildman–Crippen LogP) is 4.96. The van der Waals surface area contributed by atoms with Crippen molar-refractivity contribution in [2.75, 3.05) is 13.1 Å². The number of carbonyl (C=O) groups is 2. The number of carbonyl (C=O) groups excluding carboxylic acids is 2. The number of hydrogen-bond donors (Lipinski definition) is 3. The topological polar surface area (TPSA) is 106 Å². The maximum absolute atomic E-state index is 12.7. The minimum Gasteiger partial charge on any atom is -0.457 e. The van der Waals surface area contributed by atoms with E-state index >= 15 is 0 Å². The van der Waals surface area contributed by atoms with E-state index in [0.29, 0.717) is 28.6 Å². The van der Waals surface area contributed by atoms with Gasteiger partial charge in [0.1, 0.15) is 6.10 Å². The quantitative estimate of drug-likeness (QED) is 0.391. The summed E-state index contributed by atoms with van der Waals surface area (Å²) in [5, 5.41) is 17.1.